The molecule has 2 heteroatoms. The average Bonchev–Trinajstić information content (AvgIpc) is 1.92. The van der Waals surface area contributed by atoms with Gasteiger partial charge in [0, 0.05) is 17.1 Å². The number of hydrogen-bond donors (Lipinski definition) is 1. The first kappa shape index (κ1) is 9.59. The fourth-order valence-corrected chi connectivity index (χ4v) is 1.61. The highest BCUT2D eigenvalue weighted by molar-refractivity contribution is 7.82. The summed E-state index contributed by atoms with van der Waals surface area (Å²) in [5.74, 6) is 0.462. The number of allylic oxidation sites excluding steroid dienone is 3. The van der Waals surface area contributed by atoms with E-state index in [1.165, 1.54) is 0 Å². The highest BCUT2D eigenvalue weighted by Crippen LogP contribution is 2.32. The van der Waals surface area contributed by atoms with E-state index in [9.17, 15) is 4.79 Å². The van der Waals surface area contributed by atoms with Crippen LogP contribution in [0.5, 0.6) is 0 Å². The van der Waals surface area contributed by atoms with Crippen molar-refractivity contribution in [2.45, 2.75) is 25.0 Å². The van der Waals surface area contributed by atoms with Crippen LogP contribution in [0.2, 0.25) is 0 Å². The predicted molar refractivity (Wildman–Crippen MR) is 54.5 cm³/mol. The van der Waals surface area contributed by atoms with Crippen LogP contribution in [0.3, 0.4) is 0 Å². The Balaban J connectivity index is 2.70. The van der Waals surface area contributed by atoms with Crippen molar-refractivity contribution < 1.29 is 4.79 Å². The topological polar surface area (TPSA) is 17.1 Å². The first-order valence-corrected chi connectivity index (χ1v) is 4.55. The summed E-state index contributed by atoms with van der Waals surface area (Å²) in [5, 5.41) is 0. The summed E-state index contributed by atoms with van der Waals surface area (Å²) in [4.78, 5) is 10.9. The van der Waals surface area contributed by atoms with Crippen molar-refractivity contribution in [3.05, 3.63) is 24.3 Å². The van der Waals surface area contributed by atoms with E-state index in [0.717, 1.165) is 0 Å². The second kappa shape index (κ2) is 3.48. The van der Waals surface area contributed by atoms with E-state index in [0.29, 0.717) is 6.42 Å². The molecule has 1 aliphatic carbocycles. The van der Waals surface area contributed by atoms with Gasteiger partial charge in [0.15, 0.2) is 0 Å². The highest BCUT2D eigenvalue weighted by atomic mass is 32.1. The largest absolute Gasteiger partial charge is 0.300 e. The number of carbonyl (C=O) groups excluding carboxylic acids is 1. The van der Waals surface area contributed by atoms with Crippen LogP contribution in [0.25, 0.3) is 0 Å². The molecule has 2 unspecified atom stereocenters. The zero-order chi connectivity index (χ0) is 9.19. The molecule has 0 aliphatic heterocycles. The molecule has 12 heavy (non-hydrogen) atoms. The molecule has 0 saturated heterocycles. The van der Waals surface area contributed by atoms with Crippen molar-refractivity contribution in [1.82, 2.24) is 0 Å². The fourth-order valence-electron chi connectivity index (χ4n) is 1.35. The van der Waals surface area contributed by atoms with Crippen LogP contribution in [0.1, 0.15) is 20.3 Å². The molecule has 0 heterocycles. The Labute approximate surface area is 79.0 Å². The lowest BCUT2D eigenvalue weighted by molar-refractivity contribution is -0.117. The number of rotatable bonds is 2. The monoisotopic (exact) mass is 182 g/mol. The van der Waals surface area contributed by atoms with Gasteiger partial charge in [0.2, 0.25) is 0 Å². The summed E-state index contributed by atoms with van der Waals surface area (Å²) in [5.41, 5.74) is 0. The molecule has 0 aromatic carbocycles. The normalized spacial score (nSPS) is 33.8. The van der Waals surface area contributed by atoms with Gasteiger partial charge in [-0.2, -0.15) is 12.6 Å². The number of ketones is 1. The molecule has 0 spiro atoms. The van der Waals surface area contributed by atoms with Crippen molar-refractivity contribution in [2.24, 2.45) is 5.92 Å². The van der Waals surface area contributed by atoms with E-state index in [1.54, 1.807) is 6.92 Å². The van der Waals surface area contributed by atoms with Gasteiger partial charge in [0.05, 0.1) is 0 Å². The molecule has 0 bridgehead atoms. The Kier molecular flexibility index (Phi) is 2.78. The molecule has 0 amide bonds. The lowest BCUT2D eigenvalue weighted by atomic mass is 9.85. The van der Waals surface area contributed by atoms with Crippen LogP contribution in [-0.4, -0.2) is 10.5 Å². The van der Waals surface area contributed by atoms with Gasteiger partial charge in [-0.25, -0.2) is 0 Å². The smallest absolute Gasteiger partial charge is 0.130 e. The van der Waals surface area contributed by atoms with Crippen LogP contribution in [0, 0.1) is 5.92 Å². The Morgan fingerprint density at radius 2 is 2.25 bits per heavy atom. The zero-order valence-corrected chi connectivity index (χ0v) is 8.34. The molecule has 0 aromatic rings. The lowest BCUT2D eigenvalue weighted by Crippen LogP contribution is -2.27. The van der Waals surface area contributed by atoms with Gasteiger partial charge in [-0.05, 0) is 13.8 Å². The summed E-state index contributed by atoms with van der Waals surface area (Å²) in [7, 11) is 0. The van der Waals surface area contributed by atoms with Gasteiger partial charge in [-0.1, -0.05) is 24.3 Å². The fraction of sp³-hybridized carbons (Fsp3) is 0.500. The molecule has 0 saturated carbocycles. The van der Waals surface area contributed by atoms with Crippen LogP contribution < -0.4 is 0 Å². The van der Waals surface area contributed by atoms with Crippen molar-refractivity contribution in [2.75, 3.05) is 0 Å². The van der Waals surface area contributed by atoms with E-state index in [1.807, 2.05) is 25.2 Å². The van der Waals surface area contributed by atoms with Crippen molar-refractivity contribution >= 4 is 18.4 Å². The van der Waals surface area contributed by atoms with Crippen LogP contribution in [0.15, 0.2) is 24.3 Å². The van der Waals surface area contributed by atoms with Gasteiger partial charge in [-0.3, -0.25) is 0 Å². The second-order valence-corrected chi connectivity index (χ2v) is 4.45. The molecule has 0 radical (unpaired) electrons. The van der Waals surface area contributed by atoms with Crippen molar-refractivity contribution in [3.63, 3.8) is 0 Å². The minimum Gasteiger partial charge on any atom is -0.300 e. The van der Waals surface area contributed by atoms with E-state index >= 15 is 0 Å². The van der Waals surface area contributed by atoms with Gasteiger partial charge >= 0.3 is 0 Å². The van der Waals surface area contributed by atoms with Gasteiger partial charge < -0.3 is 4.79 Å². The number of hydrogen-bond acceptors (Lipinski definition) is 2. The van der Waals surface area contributed by atoms with Gasteiger partial charge in [0.25, 0.3) is 0 Å². The van der Waals surface area contributed by atoms with Crippen molar-refractivity contribution in [1.29, 1.82) is 0 Å². The maximum Gasteiger partial charge on any atom is 0.130 e. The third kappa shape index (κ3) is 2.24. The average molecular weight is 182 g/mol. The second-order valence-electron chi connectivity index (χ2n) is 3.48. The lowest BCUT2D eigenvalue weighted by Gasteiger charge is -2.29. The first-order chi connectivity index (χ1) is 5.52. The molecule has 1 nitrogen and oxygen atoms in total. The summed E-state index contributed by atoms with van der Waals surface area (Å²) in [6.45, 7) is 3.65. The van der Waals surface area contributed by atoms with E-state index in [2.05, 4.69) is 18.7 Å². The molecule has 2 atom stereocenters. The van der Waals surface area contributed by atoms with Crippen LogP contribution in [-0.2, 0) is 4.79 Å². The third-order valence-electron chi connectivity index (χ3n) is 2.15. The Hall–Kier alpha value is -0.500. The number of thiol groups is 1. The van der Waals surface area contributed by atoms with Crippen LogP contribution >= 0.6 is 12.6 Å². The first-order valence-electron chi connectivity index (χ1n) is 4.10. The molecule has 66 valence electrons. The van der Waals surface area contributed by atoms with Gasteiger partial charge in [0.1, 0.15) is 5.78 Å². The quantitative estimate of drug-likeness (QED) is 0.649. The minimum absolute atomic E-state index is 0.166. The maximum atomic E-state index is 10.9. The molecular weight excluding hydrogens is 168 g/mol. The summed E-state index contributed by atoms with van der Waals surface area (Å²) >= 11 is 4.50. The predicted octanol–water partition coefficient (Wildman–Crippen LogP) is 2.40. The summed E-state index contributed by atoms with van der Waals surface area (Å²) < 4.78 is -0.166. The highest BCUT2D eigenvalue weighted by Gasteiger charge is 2.27. The summed E-state index contributed by atoms with van der Waals surface area (Å²) in [6.07, 6.45) is 8.62. The molecule has 1 aliphatic rings. The molecule has 0 fully saturated rings. The molecule has 0 aromatic heterocycles. The molecular formula is C10H14OS. The molecule has 0 N–H and O–H groups in total. The minimum atomic E-state index is -0.166. The third-order valence-corrected chi connectivity index (χ3v) is 2.63. The van der Waals surface area contributed by atoms with Gasteiger partial charge in [-0.15, -0.1) is 0 Å². The summed E-state index contributed by atoms with van der Waals surface area (Å²) in [6, 6.07) is 0. The molecule has 1 rings (SSSR count). The number of Topliss-reactive ketones (excluding diaryl/α,β-unsaturated/α-hetero) is 1. The maximum absolute atomic E-state index is 10.9. The van der Waals surface area contributed by atoms with E-state index < -0.39 is 0 Å². The SMILES string of the molecule is CC(=O)CC1C=CC=CC1(C)S. The Morgan fingerprint density at radius 1 is 1.58 bits per heavy atom. The number of carbonyl (C=O) groups is 1. The zero-order valence-electron chi connectivity index (χ0n) is 7.45. The van der Waals surface area contributed by atoms with E-state index in [-0.39, 0.29) is 16.4 Å². The Bertz CT molecular complexity index is 238. The standard InChI is InChI=1S/C10H14OS/c1-8(11)7-9-5-3-4-6-10(9,2)12/h3-6,9,12H,7H2,1-2H3. The van der Waals surface area contributed by atoms with Crippen molar-refractivity contribution in [3.8, 4) is 0 Å². The van der Waals surface area contributed by atoms with Crippen LogP contribution in [0.4, 0.5) is 0 Å². The van der Waals surface area contributed by atoms with E-state index in [4.69, 9.17) is 0 Å². The Morgan fingerprint density at radius 3 is 2.75 bits per heavy atom.